The van der Waals surface area contributed by atoms with Crippen LogP contribution in [0.5, 0.6) is 0 Å². The summed E-state index contributed by atoms with van der Waals surface area (Å²) >= 11 is 5.01. The topological polar surface area (TPSA) is 69.5 Å². The average Bonchev–Trinajstić information content (AvgIpc) is 3.20. The van der Waals surface area contributed by atoms with Gasteiger partial charge < -0.3 is 4.74 Å². The lowest BCUT2D eigenvalue weighted by Crippen LogP contribution is -2.39. The van der Waals surface area contributed by atoms with Crippen LogP contribution < -0.4 is 4.90 Å². The van der Waals surface area contributed by atoms with Crippen LogP contribution in [0.15, 0.2) is 46.9 Å². The Morgan fingerprint density at radius 1 is 1.23 bits per heavy atom. The quantitative estimate of drug-likeness (QED) is 0.521. The minimum atomic E-state index is -0.0976. The van der Waals surface area contributed by atoms with E-state index in [0.29, 0.717) is 22.8 Å². The van der Waals surface area contributed by atoms with Crippen LogP contribution in [0.4, 0.5) is 5.13 Å². The molecule has 0 spiro atoms. The SMILES string of the molecule is N#Cc1ccc(C(=O)N(CCCN2CCOCC2)c2nc3ccc(Br)cc3s2)cc1. The number of hydrogen-bond acceptors (Lipinski definition) is 6. The molecule has 1 aliphatic heterocycles. The van der Waals surface area contributed by atoms with E-state index in [4.69, 9.17) is 15.0 Å². The van der Waals surface area contributed by atoms with Gasteiger partial charge >= 0.3 is 0 Å². The Hall–Kier alpha value is -2.31. The van der Waals surface area contributed by atoms with Crippen LogP contribution in [0.25, 0.3) is 10.2 Å². The first-order chi connectivity index (χ1) is 14.6. The highest BCUT2D eigenvalue weighted by Crippen LogP contribution is 2.31. The van der Waals surface area contributed by atoms with Crippen molar-refractivity contribution in [3.63, 3.8) is 0 Å². The third-order valence-corrected chi connectivity index (χ3v) is 6.57. The maximum absolute atomic E-state index is 13.3. The Morgan fingerprint density at radius 2 is 2.00 bits per heavy atom. The van der Waals surface area contributed by atoms with Gasteiger partial charge in [-0.2, -0.15) is 5.26 Å². The summed E-state index contributed by atoms with van der Waals surface area (Å²) < 4.78 is 7.43. The van der Waals surface area contributed by atoms with Crippen molar-refractivity contribution in [1.29, 1.82) is 5.26 Å². The number of aromatic nitrogens is 1. The van der Waals surface area contributed by atoms with Crippen molar-refractivity contribution in [2.75, 3.05) is 44.3 Å². The van der Waals surface area contributed by atoms with E-state index in [9.17, 15) is 4.79 Å². The monoisotopic (exact) mass is 484 g/mol. The number of carbonyl (C=O) groups is 1. The Bertz CT molecular complexity index is 1070. The normalized spacial score (nSPS) is 14.5. The van der Waals surface area contributed by atoms with Gasteiger partial charge in [-0.25, -0.2) is 4.98 Å². The average molecular weight is 485 g/mol. The number of morpholine rings is 1. The second-order valence-electron chi connectivity index (χ2n) is 7.06. The van der Waals surface area contributed by atoms with Crippen molar-refractivity contribution in [1.82, 2.24) is 9.88 Å². The smallest absolute Gasteiger partial charge is 0.260 e. The molecule has 3 aromatic rings. The standard InChI is InChI=1S/C22H21BrN4O2S/c23-18-6-7-19-20(14-18)30-22(25-19)27(9-1-8-26-10-12-29-13-11-26)21(28)17-4-2-16(15-24)3-5-17/h2-7,14H,1,8-13H2. The molecular weight excluding hydrogens is 464 g/mol. The first-order valence-electron chi connectivity index (χ1n) is 9.82. The van der Waals surface area contributed by atoms with Gasteiger partial charge in [-0.1, -0.05) is 27.3 Å². The third kappa shape index (κ3) is 4.87. The first kappa shape index (κ1) is 20.9. The number of thiazole rings is 1. The van der Waals surface area contributed by atoms with E-state index in [1.54, 1.807) is 29.2 Å². The van der Waals surface area contributed by atoms with Crippen molar-refractivity contribution >= 4 is 48.5 Å². The molecule has 0 aliphatic carbocycles. The number of anilines is 1. The number of rotatable bonds is 6. The van der Waals surface area contributed by atoms with E-state index in [1.807, 2.05) is 18.2 Å². The number of amides is 1. The van der Waals surface area contributed by atoms with Crippen LogP contribution in [-0.2, 0) is 4.74 Å². The molecule has 0 unspecified atom stereocenters. The number of nitriles is 1. The second-order valence-corrected chi connectivity index (χ2v) is 8.99. The molecule has 0 bridgehead atoms. The Labute approximate surface area is 187 Å². The fourth-order valence-corrected chi connectivity index (χ4v) is 4.95. The molecule has 0 radical (unpaired) electrons. The van der Waals surface area contributed by atoms with Gasteiger partial charge in [0.15, 0.2) is 5.13 Å². The number of nitrogens with zero attached hydrogens (tertiary/aromatic N) is 4. The van der Waals surface area contributed by atoms with Gasteiger partial charge in [0.1, 0.15) is 0 Å². The number of halogens is 1. The van der Waals surface area contributed by atoms with Gasteiger partial charge in [-0.3, -0.25) is 14.6 Å². The summed E-state index contributed by atoms with van der Waals surface area (Å²) in [5.41, 5.74) is 1.97. The molecule has 1 aromatic heterocycles. The summed E-state index contributed by atoms with van der Waals surface area (Å²) in [5.74, 6) is -0.0976. The van der Waals surface area contributed by atoms with Gasteiger partial charge in [0.05, 0.1) is 35.1 Å². The molecule has 1 aliphatic rings. The highest BCUT2D eigenvalue weighted by Gasteiger charge is 2.22. The Balaban J connectivity index is 1.57. The highest BCUT2D eigenvalue weighted by atomic mass is 79.9. The largest absolute Gasteiger partial charge is 0.379 e. The van der Waals surface area contributed by atoms with Crippen molar-refractivity contribution < 1.29 is 9.53 Å². The lowest BCUT2D eigenvalue weighted by molar-refractivity contribution is 0.0376. The van der Waals surface area contributed by atoms with E-state index < -0.39 is 0 Å². The number of benzene rings is 2. The van der Waals surface area contributed by atoms with Crippen molar-refractivity contribution in [3.05, 3.63) is 58.1 Å². The summed E-state index contributed by atoms with van der Waals surface area (Å²) in [7, 11) is 0. The molecule has 154 valence electrons. The van der Waals surface area contributed by atoms with Gasteiger partial charge in [-0.05, 0) is 48.9 Å². The zero-order valence-corrected chi connectivity index (χ0v) is 18.8. The van der Waals surface area contributed by atoms with Gasteiger partial charge in [0, 0.05) is 36.2 Å². The predicted molar refractivity (Wildman–Crippen MR) is 122 cm³/mol. The number of ether oxygens (including phenoxy) is 1. The van der Waals surface area contributed by atoms with Crippen LogP contribution in [0.2, 0.25) is 0 Å². The molecule has 4 rings (SSSR count). The molecule has 8 heteroatoms. The maximum Gasteiger partial charge on any atom is 0.260 e. The van der Waals surface area contributed by atoms with Crippen LogP contribution in [-0.4, -0.2) is 55.2 Å². The van der Waals surface area contributed by atoms with E-state index in [-0.39, 0.29) is 5.91 Å². The summed E-state index contributed by atoms with van der Waals surface area (Å²) in [6.45, 7) is 4.88. The Morgan fingerprint density at radius 3 is 2.73 bits per heavy atom. The van der Waals surface area contributed by atoms with Crippen molar-refractivity contribution in [2.45, 2.75) is 6.42 Å². The lowest BCUT2D eigenvalue weighted by atomic mass is 10.1. The minimum Gasteiger partial charge on any atom is -0.379 e. The lowest BCUT2D eigenvalue weighted by Gasteiger charge is -2.27. The van der Waals surface area contributed by atoms with Crippen LogP contribution >= 0.6 is 27.3 Å². The molecule has 1 saturated heterocycles. The van der Waals surface area contributed by atoms with E-state index >= 15 is 0 Å². The second kappa shape index (κ2) is 9.67. The summed E-state index contributed by atoms with van der Waals surface area (Å²) in [6, 6.07) is 14.8. The molecule has 30 heavy (non-hydrogen) atoms. The fraction of sp³-hybridized carbons (Fsp3) is 0.318. The van der Waals surface area contributed by atoms with E-state index in [0.717, 1.165) is 54.0 Å². The van der Waals surface area contributed by atoms with Crippen molar-refractivity contribution in [3.8, 4) is 6.07 Å². The molecule has 1 amide bonds. The molecule has 2 heterocycles. The number of carbonyl (C=O) groups excluding carboxylic acids is 1. The zero-order valence-electron chi connectivity index (χ0n) is 16.4. The summed E-state index contributed by atoms with van der Waals surface area (Å²) in [5, 5.41) is 9.72. The number of hydrogen-bond donors (Lipinski definition) is 0. The predicted octanol–water partition coefficient (Wildman–Crippen LogP) is 4.30. The van der Waals surface area contributed by atoms with Crippen molar-refractivity contribution in [2.24, 2.45) is 0 Å². The zero-order chi connectivity index (χ0) is 20.9. The van der Waals surface area contributed by atoms with Gasteiger partial charge in [-0.15, -0.1) is 0 Å². The van der Waals surface area contributed by atoms with E-state index in [2.05, 4.69) is 26.9 Å². The molecular formula is C22H21BrN4O2S. The summed E-state index contributed by atoms with van der Waals surface area (Å²) in [4.78, 5) is 22.2. The molecule has 0 saturated carbocycles. The molecule has 2 aromatic carbocycles. The molecule has 0 atom stereocenters. The van der Waals surface area contributed by atoms with Crippen LogP contribution in [0.1, 0.15) is 22.3 Å². The van der Waals surface area contributed by atoms with Crippen LogP contribution in [0.3, 0.4) is 0 Å². The minimum absolute atomic E-state index is 0.0976. The van der Waals surface area contributed by atoms with Gasteiger partial charge in [0.25, 0.3) is 5.91 Å². The number of fused-ring (bicyclic) bond motifs is 1. The van der Waals surface area contributed by atoms with Gasteiger partial charge in [0.2, 0.25) is 0 Å². The maximum atomic E-state index is 13.3. The third-order valence-electron chi connectivity index (χ3n) is 5.04. The molecule has 6 nitrogen and oxygen atoms in total. The van der Waals surface area contributed by atoms with E-state index in [1.165, 1.54) is 11.3 Å². The highest BCUT2D eigenvalue weighted by molar-refractivity contribution is 9.10. The molecule has 1 fully saturated rings. The molecule has 0 N–H and O–H groups in total. The Kier molecular flexibility index (Phi) is 6.75. The van der Waals surface area contributed by atoms with Crippen LogP contribution in [0, 0.1) is 11.3 Å². The fourth-order valence-electron chi connectivity index (χ4n) is 3.41. The first-order valence-corrected chi connectivity index (χ1v) is 11.4. The summed E-state index contributed by atoms with van der Waals surface area (Å²) in [6.07, 6.45) is 0.849.